The van der Waals surface area contributed by atoms with Gasteiger partial charge in [0.2, 0.25) is 5.91 Å². The molecule has 204 valence electrons. The molecule has 0 heterocycles. The van der Waals surface area contributed by atoms with Gasteiger partial charge in [0.05, 0.1) is 24.2 Å². The monoisotopic (exact) mass is 544 g/mol. The van der Waals surface area contributed by atoms with Crippen LogP contribution in [0.15, 0.2) is 60.7 Å². The molecule has 5 rings (SSSR count). The zero-order valence-corrected chi connectivity index (χ0v) is 20.8. The van der Waals surface area contributed by atoms with Gasteiger partial charge in [0.15, 0.2) is 0 Å². The number of hydrogen-bond donors (Lipinski definition) is 2. The second-order valence-electron chi connectivity index (χ2n) is 9.94. The molecule has 2 bridgehead atoms. The molecule has 5 nitrogen and oxygen atoms in total. The fourth-order valence-electron chi connectivity index (χ4n) is 5.89. The summed E-state index contributed by atoms with van der Waals surface area (Å²) in [7, 11) is 1.32. The van der Waals surface area contributed by atoms with E-state index < -0.39 is 47.1 Å². The van der Waals surface area contributed by atoms with Gasteiger partial charge in [0.1, 0.15) is 17.4 Å². The van der Waals surface area contributed by atoms with E-state index in [2.05, 4.69) is 10.6 Å². The molecule has 0 radical (unpaired) electrons. The van der Waals surface area contributed by atoms with Gasteiger partial charge in [-0.2, -0.15) is 13.2 Å². The highest BCUT2D eigenvalue weighted by atomic mass is 19.4. The molecule has 39 heavy (non-hydrogen) atoms. The van der Waals surface area contributed by atoms with Crippen LogP contribution < -0.4 is 15.4 Å². The number of benzene rings is 3. The largest absolute Gasteiger partial charge is 0.496 e. The molecule has 2 saturated carbocycles. The smallest absolute Gasteiger partial charge is 0.419 e. The summed E-state index contributed by atoms with van der Waals surface area (Å²) in [4.78, 5) is 26.7. The molecule has 10 heteroatoms. The van der Waals surface area contributed by atoms with E-state index in [4.69, 9.17) is 4.74 Å². The van der Waals surface area contributed by atoms with Crippen LogP contribution in [0.2, 0.25) is 0 Å². The SMILES string of the molecule is COc1cc(F)c(-c2ccccc2)cc1C(=O)N[C@@H]1[C@@H]2CC[C@@H](C2)[C@H]1C(=O)Nc1ccc(F)c(C(F)(F)F)c1. The Hall–Kier alpha value is -3.95. The summed E-state index contributed by atoms with van der Waals surface area (Å²) in [6.45, 7) is 0. The van der Waals surface area contributed by atoms with Crippen LogP contribution in [-0.2, 0) is 11.0 Å². The van der Waals surface area contributed by atoms with Gasteiger partial charge in [0, 0.05) is 23.4 Å². The van der Waals surface area contributed by atoms with Crippen molar-refractivity contribution in [1.29, 1.82) is 0 Å². The summed E-state index contributed by atoms with van der Waals surface area (Å²) in [5.74, 6) is -3.86. The highest BCUT2D eigenvalue weighted by Crippen LogP contribution is 2.49. The highest BCUT2D eigenvalue weighted by Gasteiger charge is 2.51. The van der Waals surface area contributed by atoms with Crippen LogP contribution in [0.4, 0.5) is 27.6 Å². The molecule has 3 aromatic rings. The number of fused-ring (bicyclic) bond motifs is 2. The Kier molecular flexibility index (Phi) is 7.05. The first kappa shape index (κ1) is 26.6. The average Bonchev–Trinajstić information content (AvgIpc) is 3.51. The second kappa shape index (κ2) is 10.3. The van der Waals surface area contributed by atoms with Gasteiger partial charge in [-0.3, -0.25) is 9.59 Å². The zero-order chi connectivity index (χ0) is 27.9. The average molecular weight is 545 g/mol. The summed E-state index contributed by atoms with van der Waals surface area (Å²) in [6.07, 6.45) is -2.72. The molecule has 0 spiro atoms. The van der Waals surface area contributed by atoms with Crippen LogP contribution in [-0.4, -0.2) is 25.0 Å². The Morgan fingerprint density at radius 3 is 2.33 bits per heavy atom. The number of rotatable bonds is 6. The number of methoxy groups -OCH3 is 1. The van der Waals surface area contributed by atoms with E-state index in [1.807, 2.05) is 0 Å². The maximum absolute atomic E-state index is 14.8. The lowest BCUT2D eigenvalue weighted by Crippen LogP contribution is -2.48. The van der Waals surface area contributed by atoms with Crippen molar-refractivity contribution in [1.82, 2.24) is 5.32 Å². The van der Waals surface area contributed by atoms with Crippen LogP contribution in [0.25, 0.3) is 11.1 Å². The minimum atomic E-state index is -4.92. The molecule has 0 saturated heterocycles. The zero-order valence-electron chi connectivity index (χ0n) is 20.8. The predicted molar refractivity (Wildman–Crippen MR) is 134 cm³/mol. The number of amides is 2. The van der Waals surface area contributed by atoms with Gasteiger partial charge in [-0.1, -0.05) is 30.3 Å². The molecular weight excluding hydrogens is 519 g/mol. The summed E-state index contributed by atoms with van der Waals surface area (Å²) in [5, 5.41) is 5.40. The molecule has 2 N–H and O–H groups in total. The fraction of sp³-hybridized carbons (Fsp3) is 0.310. The lowest BCUT2D eigenvalue weighted by molar-refractivity contribution is -0.140. The molecule has 4 atom stereocenters. The third-order valence-corrected chi connectivity index (χ3v) is 7.67. The van der Waals surface area contributed by atoms with E-state index in [-0.39, 0.29) is 34.4 Å². The van der Waals surface area contributed by atoms with E-state index >= 15 is 0 Å². The lowest BCUT2D eigenvalue weighted by Gasteiger charge is -2.31. The molecule has 3 aromatic carbocycles. The van der Waals surface area contributed by atoms with Crippen LogP contribution in [0.1, 0.15) is 35.2 Å². The van der Waals surface area contributed by atoms with Crippen molar-refractivity contribution < 1.29 is 36.3 Å². The van der Waals surface area contributed by atoms with E-state index in [0.717, 1.165) is 25.0 Å². The predicted octanol–water partition coefficient (Wildman–Crippen LogP) is 6.44. The molecule has 2 aliphatic carbocycles. The second-order valence-corrected chi connectivity index (χ2v) is 9.94. The third-order valence-electron chi connectivity index (χ3n) is 7.67. The number of anilines is 1. The van der Waals surface area contributed by atoms with Crippen molar-refractivity contribution in [3.8, 4) is 16.9 Å². The Balaban J connectivity index is 1.40. The Morgan fingerprint density at radius 2 is 1.64 bits per heavy atom. The summed E-state index contributed by atoms with van der Waals surface area (Å²) in [5.41, 5.74) is -0.792. The number of hydrogen-bond acceptors (Lipinski definition) is 3. The van der Waals surface area contributed by atoms with Crippen molar-refractivity contribution >= 4 is 17.5 Å². The normalized spacial score (nSPS) is 22.0. The topological polar surface area (TPSA) is 67.4 Å². The molecule has 0 aliphatic heterocycles. The molecular formula is C29H25F5N2O3. The molecule has 2 fully saturated rings. The fourth-order valence-corrected chi connectivity index (χ4v) is 5.89. The summed E-state index contributed by atoms with van der Waals surface area (Å²) in [6, 6.07) is 12.9. The first-order valence-electron chi connectivity index (χ1n) is 12.5. The number of carbonyl (C=O) groups is 2. The van der Waals surface area contributed by atoms with E-state index in [1.165, 1.54) is 13.2 Å². The van der Waals surface area contributed by atoms with Crippen LogP contribution in [0.3, 0.4) is 0 Å². The molecule has 0 unspecified atom stereocenters. The van der Waals surface area contributed by atoms with Crippen LogP contribution >= 0.6 is 0 Å². The molecule has 2 aliphatic rings. The highest BCUT2D eigenvalue weighted by molar-refractivity contribution is 6.00. The van der Waals surface area contributed by atoms with Gasteiger partial charge in [-0.25, -0.2) is 8.78 Å². The quantitative estimate of drug-likeness (QED) is 0.351. The number of ether oxygens (including phenoxy) is 1. The Bertz CT molecular complexity index is 1410. The van der Waals surface area contributed by atoms with Gasteiger partial charge in [-0.15, -0.1) is 0 Å². The van der Waals surface area contributed by atoms with Crippen molar-refractivity contribution in [3.05, 3.63) is 83.4 Å². The van der Waals surface area contributed by atoms with E-state index in [9.17, 15) is 31.5 Å². The maximum atomic E-state index is 14.8. The number of halogens is 5. The van der Waals surface area contributed by atoms with E-state index in [1.54, 1.807) is 30.3 Å². The van der Waals surface area contributed by atoms with E-state index in [0.29, 0.717) is 24.1 Å². The van der Waals surface area contributed by atoms with Crippen LogP contribution in [0, 0.1) is 29.4 Å². The molecule has 2 amide bonds. The number of alkyl halides is 3. The van der Waals surface area contributed by atoms with Crippen LogP contribution in [0.5, 0.6) is 5.75 Å². The Morgan fingerprint density at radius 1 is 0.923 bits per heavy atom. The third kappa shape index (κ3) is 5.20. The molecule has 0 aromatic heterocycles. The maximum Gasteiger partial charge on any atom is 0.419 e. The standard InChI is InChI=1S/C29H25F5N2O3/c1-39-24-14-23(31)19(15-5-3-2-4-6-15)13-20(24)27(37)36-26-17-8-7-16(11-17)25(26)28(38)35-18-9-10-22(30)21(12-18)29(32,33)34/h2-6,9-10,12-14,16-17,25-26H,7-8,11H2,1H3,(H,35,38)(H,36,37)/t16-,17+,25+,26+/m0/s1. The minimum absolute atomic E-state index is 0.00584. The van der Waals surface area contributed by atoms with Gasteiger partial charge in [0.25, 0.3) is 5.91 Å². The van der Waals surface area contributed by atoms with Gasteiger partial charge in [-0.05, 0) is 60.9 Å². The van der Waals surface area contributed by atoms with Crippen molar-refractivity contribution in [2.24, 2.45) is 17.8 Å². The minimum Gasteiger partial charge on any atom is -0.496 e. The Labute approximate surface area is 221 Å². The van der Waals surface area contributed by atoms with Crippen molar-refractivity contribution in [3.63, 3.8) is 0 Å². The summed E-state index contributed by atoms with van der Waals surface area (Å²) >= 11 is 0. The number of carbonyl (C=O) groups excluding carboxylic acids is 2. The van der Waals surface area contributed by atoms with Crippen molar-refractivity contribution in [2.75, 3.05) is 12.4 Å². The van der Waals surface area contributed by atoms with Gasteiger partial charge < -0.3 is 15.4 Å². The number of nitrogens with one attached hydrogen (secondary N) is 2. The van der Waals surface area contributed by atoms with Crippen molar-refractivity contribution in [2.45, 2.75) is 31.5 Å². The first-order chi connectivity index (χ1) is 18.6. The first-order valence-corrected chi connectivity index (χ1v) is 12.5. The van der Waals surface area contributed by atoms with Gasteiger partial charge >= 0.3 is 6.18 Å². The lowest BCUT2D eigenvalue weighted by atomic mass is 9.83. The summed E-state index contributed by atoms with van der Waals surface area (Å²) < 4.78 is 73.2.